The quantitative estimate of drug-likeness (QED) is 0.868. The van der Waals surface area contributed by atoms with Crippen molar-refractivity contribution >= 4 is 21.7 Å². The molecule has 1 aliphatic rings. The Balaban J connectivity index is 2.31. The molecule has 0 saturated heterocycles. The number of nitrogen functional groups attached to an aromatic ring is 1. The number of rotatable bonds is 6. The van der Waals surface area contributed by atoms with Crippen LogP contribution in [0.5, 0.6) is 0 Å². The third-order valence-corrected chi connectivity index (χ3v) is 4.08. The van der Waals surface area contributed by atoms with Gasteiger partial charge in [-0.3, -0.25) is 0 Å². The summed E-state index contributed by atoms with van der Waals surface area (Å²) in [6.07, 6.45) is 3.29. The Morgan fingerprint density at radius 1 is 1.37 bits per heavy atom. The monoisotopic (exact) mass is 327 g/mol. The minimum Gasteiger partial charge on any atom is -0.383 e. The Morgan fingerprint density at radius 3 is 2.58 bits per heavy atom. The van der Waals surface area contributed by atoms with E-state index in [1.54, 1.807) is 0 Å². The molecular weight excluding hydrogens is 306 g/mol. The van der Waals surface area contributed by atoms with E-state index in [1.165, 1.54) is 12.8 Å². The van der Waals surface area contributed by atoms with Crippen LogP contribution in [0.3, 0.4) is 0 Å². The summed E-state index contributed by atoms with van der Waals surface area (Å²) < 4.78 is 6.64. The fourth-order valence-electron chi connectivity index (χ4n) is 2.18. The predicted octanol–water partition coefficient (Wildman–Crippen LogP) is 3.51. The van der Waals surface area contributed by atoms with Crippen molar-refractivity contribution in [3.05, 3.63) is 16.0 Å². The zero-order chi connectivity index (χ0) is 14.0. The second kappa shape index (κ2) is 6.18. The van der Waals surface area contributed by atoms with Crippen LogP contribution in [-0.4, -0.2) is 16.6 Å². The van der Waals surface area contributed by atoms with E-state index < -0.39 is 0 Å². The van der Waals surface area contributed by atoms with E-state index in [9.17, 15) is 0 Å². The van der Waals surface area contributed by atoms with E-state index in [0.717, 1.165) is 22.4 Å². The van der Waals surface area contributed by atoms with Crippen molar-refractivity contribution in [3.8, 4) is 0 Å². The molecule has 19 heavy (non-hydrogen) atoms. The second-order valence-electron chi connectivity index (χ2n) is 5.54. The van der Waals surface area contributed by atoms with E-state index >= 15 is 0 Å². The molecule has 5 heteroatoms. The summed E-state index contributed by atoms with van der Waals surface area (Å²) in [6.45, 7) is 7.03. The van der Waals surface area contributed by atoms with Gasteiger partial charge in [0.2, 0.25) is 0 Å². The lowest BCUT2D eigenvalue weighted by Crippen LogP contribution is -2.15. The van der Waals surface area contributed by atoms with Crippen molar-refractivity contribution in [2.24, 2.45) is 11.8 Å². The summed E-state index contributed by atoms with van der Waals surface area (Å²) in [5, 5.41) is 0. The van der Waals surface area contributed by atoms with Gasteiger partial charge in [0.15, 0.2) is 5.82 Å². The third-order valence-electron chi connectivity index (χ3n) is 3.22. The van der Waals surface area contributed by atoms with Crippen LogP contribution in [-0.2, 0) is 11.2 Å². The van der Waals surface area contributed by atoms with Crippen molar-refractivity contribution in [2.75, 3.05) is 12.3 Å². The Bertz CT molecular complexity index is 447. The molecule has 0 amide bonds. The first-order valence-corrected chi connectivity index (χ1v) is 7.75. The number of aromatic nitrogens is 2. The average Bonchev–Trinajstić information content (AvgIpc) is 3.15. The van der Waals surface area contributed by atoms with Crippen LogP contribution in [0, 0.1) is 11.8 Å². The molecule has 0 bridgehead atoms. The van der Waals surface area contributed by atoms with Crippen LogP contribution in [0.15, 0.2) is 4.47 Å². The van der Waals surface area contributed by atoms with Crippen molar-refractivity contribution in [1.82, 2.24) is 9.97 Å². The molecular formula is C14H22BrN3O. The summed E-state index contributed by atoms with van der Waals surface area (Å²) in [5.41, 5.74) is 6.99. The summed E-state index contributed by atoms with van der Waals surface area (Å²) in [4.78, 5) is 9.11. The molecule has 0 spiro atoms. The third kappa shape index (κ3) is 3.66. The zero-order valence-corrected chi connectivity index (χ0v) is 13.4. The summed E-state index contributed by atoms with van der Waals surface area (Å²) in [7, 11) is 0. The van der Waals surface area contributed by atoms with Crippen molar-refractivity contribution < 1.29 is 4.74 Å². The molecule has 0 aromatic carbocycles. The second-order valence-corrected chi connectivity index (χ2v) is 6.33. The Labute approximate surface area is 123 Å². The van der Waals surface area contributed by atoms with Crippen LogP contribution in [0.4, 0.5) is 5.82 Å². The average molecular weight is 328 g/mol. The molecule has 1 saturated carbocycles. The molecule has 1 heterocycles. The zero-order valence-electron chi connectivity index (χ0n) is 11.8. The molecule has 4 nitrogen and oxygen atoms in total. The van der Waals surface area contributed by atoms with Gasteiger partial charge in [-0.1, -0.05) is 13.8 Å². The summed E-state index contributed by atoms with van der Waals surface area (Å²) in [6, 6.07) is 0. The van der Waals surface area contributed by atoms with Gasteiger partial charge in [0.05, 0.1) is 10.2 Å². The maximum atomic E-state index is 6.00. The standard InChI is InChI=1S/C14H22BrN3O/c1-4-19-12(9-5-6-9)14-17-10(7-8(2)3)11(15)13(16)18-14/h8-9,12H,4-7H2,1-3H3,(H2,16,17,18). The van der Waals surface area contributed by atoms with Crippen molar-refractivity contribution in [1.29, 1.82) is 0 Å². The number of halogens is 1. The van der Waals surface area contributed by atoms with E-state index in [2.05, 4.69) is 34.8 Å². The van der Waals surface area contributed by atoms with Crippen LogP contribution in [0.1, 0.15) is 51.2 Å². The van der Waals surface area contributed by atoms with Crippen molar-refractivity contribution in [2.45, 2.75) is 46.1 Å². The summed E-state index contributed by atoms with van der Waals surface area (Å²) >= 11 is 3.49. The highest BCUT2D eigenvalue weighted by molar-refractivity contribution is 9.10. The van der Waals surface area contributed by atoms with E-state index in [4.69, 9.17) is 15.5 Å². The lowest BCUT2D eigenvalue weighted by atomic mass is 10.1. The van der Waals surface area contributed by atoms with Gasteiger partial charge in [-0.05, 0) is 54.0 Å². The minimum absolute atomic E-state index is 0.00584. The van der Waals surface area contributed by atoms with Gasteiger partial charge >= 0.3 is 0 Å². The highest BCUT2D eigenvalue weighted by Crippen LogP contribution is 2.42. The van der Waals surface area contributed by atoms with Gasteiger partial charge in [0.25, 0.3) is 0 Å². The maximum Gasteiger partial charge on any atom is 0.160 e. The number of nitrogens with zero attached hydrogens (tertiary/aromatic N) is 2. The molecule has 0 aliphatic heterocycles. The molecule has 1 aromatic rings. The Kier molecular flexibility index (Phi) is 4.79. The largest absolute Gasteiger partial charge is 0.383 e. The molecule has 106 valence electrons. The highest BCUT2D eigenvalue weighted by atomic mass is 79.9. The Morgan fingerprint density at radius 2 is 2.05 bits per heavy atom. The van der Waals surface area contributed by atoms with Gasteiger partial charge in [-0.25, -0.2) is 9.97 Å². The molecule has 1 aliphatic carbocycles. The van der Waals surface area contributed by atoms with E-state index in [-0.39, 0.29) is 6.10 Å². The van der Waals surface area contributed by atoms with Crippen LogP contribution in [0.25, 0.3) is 0 Å². The lowest BCUT2D eigenvalue weighted by molar-refractivity contribution is 0.0399. The number of hydrogen-bond donors (Lipinski definition) is 1. The first-order chi connectivity index (χ1) is 9.02. The van der Waals surface area contributed by atoms with Gasteiger partial charge in [-0.2, -0.15) is 0 Å². The fraction of sp³-hybridized carbons (Fsp3) is 0.714. The molecule has 1 fully saturated rings. The van der Waals surface area contributed by atoms with Crippen LogP contribution >= 0.6 is 15.9 Å². The van der Waals surface area contributed by atoms with Crippen LogP contribution < -0.4 is 5.73 Å². The first-order valence-electron chi connectivity index (χ1n) is 6.96. The molecule has 2 N–H and O–H groups in total. The topological polar surface area (TPSA) is 61.0 Å². The van der Waals surface area contributed by atoms with Gasteiger partial charge < -0.3 is 10.5 Å². The maximum absolute atomic E-state index is 6.00. The Hall–Kier alpha value is -0.680. The molecule has 1 atom stereocenters. The van der Waals surface area contributed by atoms with E-state index in [0.29, 0.717) is 24.3 Å². The minimum atomic E-state index is 0.00584. The predicted molar refractivity (Wildman–Crippen MR) is 79.8 cm³/mol. The smallest absolute Gasteiger partial charge is 0.160 e. The fourth-order valence-corrected chi connectivity index (χ4v) is 2.52. The number of nitrogens with two attached hydrogens (primary N) is 1. The van der Waals surface area contributed by atoms with Gasteiger partial charge in [0.1, 0.15) is 11.9 Å². The number of anilines is 1. The highest BCUT2D eigenvalue weighted by Gasteiger charge is 2.35. The molecule has 0 radical (unpaired) electrons. The number of ether oxygens (including phenoxy) is 1. The first kappa shape index (κ1) is 14.7. The molecule has 1 aromatic heterocycles. The van der Waals surface area contributed by atoms with Crippen molar-refractivity contribution in [3.63, 3.8) is 0 Å². The normalized spacial score (nSPS) is 16.9. The lowest BCUT2D eigenvalue weighted by Gasteiger charge is -2.17. The van der Waals surface area contributed by atoms with E-state index in [1.807, 2.05) is 6.92 Å². The molecule has 2 rings (SSSR count). The van der Waals surface area contributed by atoms with Crippen LogP contribution in [0.2, 0.25) is 0 Å². The van der Waals surface area contributed by atoms with Gasteiger partial charge in [0, 0.05) is 6.61 Å². The number of hydrogen-bond acceptors (Lipinski definition) is 4. The van der Waals surface area contributed by atoms with Gasteiger partial charge in [-0.15, -0.1) is 0 Å². The SMILES string of the molecule is CCOC(c1nc(N)c(Br)c(CC(C)C)n1)C1CC1. The molecule has 1 unspecified atom stereocenters. The summed E-state index contributed by atoms with van der Waals surface area (Å²) in [5.74, 6) is 2.36.